The quantitative estimate of drug-likeness (QED) is 0.909. The fourth-order valence-corrected chi connectivity index (χ4v) is 3.17. The number of rotatable bonds is 4. The first-order chi connectivity index (χ1) is 12.5. The minimum Gasteiger partial charge on any atom is -0.378 e. The van der Waals surface area contributed by atoms with Gasteiger partial charge in [-0.05, 0) is 44.7 Å². The summed E-state index contributed by atoms with van der Waals surface area (Å²) in [4.78, 5) is 24.7. The number of aromatic nitrogens is 2. The number of hydrogen-bond donors (Lipinski definition) is 1. The number of para-hydroxylation sites is 1. The van der Waals surface area contributed by atoms with E-state index in [1.807, 2.05) is 6.92 Å². The molecule has 0 spiro atoms. The molecule has 26 heavy (non-hydrogen) atoms. The summed E-state index contributed by atoms with van der Waals surface area (Å²) in [7, 11) is 0. The number of hydrogen-bond acceptors (Lipinski definition) is 4. The molecule has 2 heterocycles. The van der Waals surface area contributed by atoms with E-state index in [1.54, 1.807) is 25.1 Å². The molecule has 6 nitrogen and oxygen atoms in total. The van der Waals surface area contributed by atoms with Crippen molar-refractivity contribution in [2.75, 3.05) is 13.2 Å². The maximum atomic E-state index is 14.1. The Morgan fingerprint density at radius 1 is 1.42 bits per heavy atom. The van der Waals surface area contributed by atoms with Gasteiger partial charge in [0, 0.05) is 24.9 Å². The number of ether oxygens (including phenoxy) is 1. The first-order valence-corrected chi connectivity index (χ1v) is 8.71. The molecule has 0 aliphatic carbocycles. The van der Waals surface area contributed by atoms with Crippen LogP contribution in [-0.2, 0) is 4.74 Å². The van der Waals surface area contributed by atoms with Crippen molar-refractivity contribution in [2.45, 2.75) is 32.8 Å². The summed E-state index contributed by atoms with van der Waals surface area (Å²) in [6.07, 6.45) is 1.90. The highest BCUT2D eigenvalue weighted by Gasteiger charge is 2.22. The lowest BCUT2D eigenvalue weighted by molar-refractivity contribution is 0.00300. The minimum atomic E-state index is -0.542. The van der Waals surface area contributed by atoms with Gasteiger partial charge in [0.1, 0.15) is 11.5 Å². The van der Waals surface area contributed by atoms with Gasteiger partial charge in [-0.25, -0.2) is 9.07 Å². The van der Waals surface area contributed by atoms with Crippen molar-refractivity contribution in [3.05, 3.63) is 57.8 Å². The van der Waals surface area contributed by atoms with Crippen LogP contribution in [0.5, 0.6) is 0 Å². The molecule has 0 radical (unpaired) electrons. The van der Waals surface area contributed by atoms with Crippen LogP contribution in [-0.4, -0.2) is 34.9 Å². The second-order valence-corrected chi connectivity index (χ2v) is 6.64. The summed E-state index contributed by atoms with van der Waals surface area (Å²) in [6, 6.07) is 7.39. The molecule has 1 aliphatic rings. The highest BCUT2D eigenvalue weighted by molar-refractivity contribution is 5.92. The van der Waals surface area contributed by atoms with Crippen LogP contribution in [0.15, 0.2) is 35.1 Å². The fourth-order valence-electron chi connectivity index (χ4n) is 3.17. The van der Waals surface area contributed by atoms with E-state index < -0.39 is 17.2 Å². The molecule has 0 unspecified atom stereocenters. The lowest BCUT2D eigenvalue weighted by atomic mass is 9.96. The number of nitrogens with one attached hydrogen (secondary N) is 1. The van der Waals surface area contributed by atoms with Crippen molar-refractivity contribution in [1.82, 2.24) is 15.1 Å². The number of amides is 1. The number of carbonyl (C=O) groups excluding carboxylic acids is 1. The maximum absolute atomic E-state index is 14.1. The molecule has 0 saturated carbocycles. The molecule has 3 rings (SSSR count). The van der Waals surface area contributed by atoms with Gasteiger partial charge in [-0.2, -0.15) is 5.10 Å². The van der Waals surface area contributed by atoms with Gasteiger partial charge in [0.2, 0.25) is 5.43 Å². The van der Waals surface area contributed by atoms with Crippen molar-refractivity contribution in [3.8, 4) is 5.69 Å². The molecule has 1 fully saturated rings. The zero-order valence-corrected chi connectivity index (χ0v) is 14.9. The van der Waals surface area contributed by atoms with Gasteiger partial charge < -0.3 is 10.1 Å². The molecule has 1 N–H and O–H groups in total. The fraction of sp³-hybridized carbons (Fsp3) is 0.421. The van der Waals surface area contributed by atoms with E-state index in [0.29, 0.717) is 24.8 Å². The third-order valence-electron chi connectivity index (χ3n) is 4.55. The van der Waals surface area contributed by atoms with Crippen LogP contribution in [0.4, 0.5) is 4.39 Å². The van der Waals surface area contributed by atoms with Gasteiger partial charge in [-0.1, -0.05) is 12.1 Å². The van der Waals surface area contributed by atoms with E-state index in [0.717, 1.165) is 12.8 Å². The van der Waals surface area contributed by atoms with Crippen LogP contribution in [0, 0.1) is 18.7 Å². The molecule has 1 aliphatic heterocycles. The molecule has 2 atom stereocenters. The van der Waals surface area contributed by atoms with Crippen LogP contribution >= 0.6 is 0 Å². The van der Waals surface area contributed by atoms with Crippen molar-refractivity contribution < 1.29 is 13.9 Å². The van der Waals surface area contributed by atoms with E-state index in [9.17, 15) is 14.0 Å². The average molecular weight is 359 g/mol. The first-order valence-electron chi connectivity index (χ1n) is 8.71. The number of halogens is 1. The normalized spacial score (nSPS) is 20.0. The summed E-state index contributed by atoms with van der Waals surface area (Å²) in [5.41, 5.74) is -0.0703. The van der Waals surface area contributed by atoms with Crippen molar-refractivity contribution in [3.63, 3.8) is 0 Å². The SMILES string of the molecule is Cc1cc(=O)c(C(=O)NC[C@H]2CCO[C@@H](C)C2)nn1-c1ccccc1F. The highest BCUT2D eigenvalue weighted by atomic mass is 19.1. The monoisotopic (exact) mass is 359 g/mol. The summed E-state index contributed by atoms with van der Waals surface area (Å²) in [5, 5.41) is 6.89. The van der Waals surface area contributed by atoms with Crippen LogP contribution < -0.4 is 10.7 Å². The molecule has 1 aromatic carbocycles. The molecule has 0 bridgehead atoms. The predicted octanol–water partition coefficient (Wildman–Crippen LogP) is 2.22. The second-order valence-electron chi connectivity index (χ2n) is 6.64. The Balaban J connectivity index is 1.81. The topological polar surface area (TPSA) is 73.2 Å². The largest absolute Gasteiger partial charge is 0.378 e. The van der Waals surface area contributed by atoms with Crippen LogP contribution in [0.1, 0.15) is 35.9 Å². The van der Waals surface area contributed by atoms with Crippen LogP contribution in [0.25, 0.3) is 5.69 Å². The second kappa shape index (κ2) is 7.78. The maximum Gasteiger partial charge on any atom is 0.275 e. The minimum absolute atomic E-state index is 0.168. The molecule has 1 aromatic heterocycles. The molecule has 1 amide bonds. The molecule has 2 aromatic rings. The van der Waals surface area contributed by atoms with Crippen LogP contribution in [0.3, 0.4) is 0 Å². The van der Waals surface area contributed by atoms with E-state index >= 15 is 0 Å². The van der Waals surface area contributed by atoms with E-state index in [-0.39, 0.29) is 17.5 Å². The summed E-state index contributed by atoms with van der Waals surface area (Å²) in [6.45, 7) is 4.78. The zero-order valence-electron chi connectivity index (χ0n) is 14.9. The number of aryl methyl sites for hydroxylation is 1. The Kier molecular flexibility index (Phi) is 5.46. The van der Waals surface area contributed by atoms with E-state index in [4.69, 9.17) is 4.74 Å². The number of carbonyl (C=O) groups is 1. The van der Waals surface area contributed by atoms with Gasteiger partial charge in [0.15, 0.2) is 5.69 Å². The Labute approximate surface area is 151 Å². The van der Waals surface area contributed by atoms with E-state index in [2.05, 4.69) is 10.4 Å². The summed E-state index contributed by atoms with van der Waals surface area (Å²) in [5.74, 6) is -0.713. The lowest BCUT2D eigenvalue weighted by Crippen LogP contribution is -2.37. The summed E-state index contributed by atoms with van der Waals surface area (Å²) >= 11 is 0. The van der Waals surface area contributed by atoms with Crippen molar-refractivity contribution in [2.24, 2.45) is 5.92 Å². The first kappa shape index (κ1) is 18.3. The van der Waals surface area contributed by atoms with Gasteiger partial charge in [-0.3, -0.25) is 9.59 Å². The third-order valence-corrected chi connectivity index (χ3v) is 4.55. The number of nitrogens with zero attached hydrogens (tertiary/aromatic N) is 2. The van der Waals surface area contributed by atoms with Gasteiger partial charge in [0.05, 0.1) is 6.10 Å². The van der Waals surface area contributed by atoms with Gasteiger partial charge >= 0.3 is 0 Å². The molecular weight excluding hydrogens is 337 g/mol. The van der Waals surface area contributed by atoms with Crippen molar-refractivity contribution in [1.29, 1.82) is 0 Å². The average Bonchev–Trinajstić information content (AvgIpc) is 2.61. The third kappa shape index (κ3) is 3.99. The van der Waals surface area contributed by atoms with Gasteiger partial charge in [0.25, 0.3) is 5.91 Å². The Morgan fingerprint density at radius 3 is 2.92 bits per heavy atom. The van der Waals surface area contributed by atoms with Crippen molar-refractivity contribution >= 4 is 5.91 Å². The number of benzene rings is 1. The predicted molar refractivity (Wildman–Crippen MR) is 95.0 cm³/mol. The Bertz CT molecular complexity index is 865. The van der Waals surface area contributed by atoms with Crippen LogP contribution in [0.2, 0.25) is 0 Å². The summed E-state index contributed by atoms with van der Waals surface area (Å²) < 4.78 is 20.8. The lowest BCUT2D eigenvalue weighted by Gasteiger charge is -2.27. The standard InChI is InChI=1S/C19H22FN3O3/c1-12-9-17(24)18(22-23(12)16-6-4-3-5-15(16)20)19(25)21-11-14-7-8-26-13(2)10-14/h3-6,9,13-14H,7-8,10-11H2,1-2H3,(H,21,25)/t13-,14-/m0/s1. The molecule has 1 saturated heterocycles. The smallest absolute Gasteiger partial charge is 0.275 e. The Morgan fingerprint density at radius 2 is 2.19 bits per heavy atom. The molecular formula is C19H22FN3O3. The zero-order chi connectivity index (χ0) is 18.7. The molecule has 138 valence electrons. The highest BCUT2D eigenvalue weighted by Crippen LogP contribution is 2.19. The Hall–Kier alpha value is -2.54. The molecule has 7 heteroatoms. The van der Waals surface area contributed by atoms with Gasteiger partial charge in [-0.15, -0.1) is 0 Å². The van der Waals surface area contributed by atoms with E-state index in [1.165, 1.54) is 16.8 Å².